The van der Waals surface area contributed by atoms with Crippen molar-refractivity contribution in [3.8, 4) is 0 Å². The second-order valence-corrected chi connectivity index (χ2v) is 23.9. The monoisotopic (exact) mass is 1030 g/mol. The van der Waals surface area contributed by atoms with Gasteiger partial charge in [0.05, 0.1) is 45.2 Å². The Kier molecular flexibility index (Phi) is 15.9. The largest absolute Gasteiger partial charge is 0.394 e. The number of fused-ring (bicyclic) bond motifs is 7. The van der Waals surface area contributed by atoms with Crippen LogP contribution in [0.3, 0.4) is 0 Å². The molecule has 414 valence electrons. The Hall–Kier alpha value is -0.880. The Morgan fingerprint density at radius 3 is 1.81 bits per heavy atom. The van der Waals surface area contributed by atoms with Crippen LogP contribution in [0.4, 0.5) is 0 Å². The molecule has 1 spiro atoms. The molecule has 0 bridgehead atoms. The maximum Gasteiger partial charge on any atom is 0.187 e. The molecule has 72 heavy (non-hydrogen) atoms. The first-order valence-corrected chi connectivity index (χ1v) is 26.7. The van der Waals surface area contributed by atoms with E-state index in [1.807, 2.05) is 0 Å². The quantitative estimate of drug-likeness (QED) is 0.0971. The standard InChI is InChI=1S/C50H82O22/c1-20-7-12-50(64-18-20)21(2)32-28(72-50)14-26-24-6-5-22-13-23(8-10-48(22,3)25(24)9-11-49(26,32)4)65-47-40(62)43(71-45-38(60)35(57)34(56)29(15-51)66-45)42(31(17-53)68-47)70-46-39(61)36(58)41(30(16-52)67-46)69-44-37(59)33(55)27(54)19-63-44/h20-47,51-62H,5-19H2,1-4H3/t20-,21+,22+,23+,24-,25+,26+,27-,28+,29-,30-,31-,32+,33+,34-,35+,36-,37-,38-,39-,40-,41-,42-,43-,44+,45+,46+,47-,48+,49+,50-/m1/s1. The van der Waals surface area contributed by atoms with Gasteiger partial charge in [0, 0.05) is 12.3 Å². The lowest BCUT2D eigenvalue weighted by molar-refractivity contribution is -0.396. The van der Waals surface area contributed by atoms with E-state index in [2.05, 4.69) is 27.7 Å². The summed E-state index contributed by atoms with van der Waals surface area (Å²) in [7, 11) is 0. The van der Waals surface area contributed by atoms with Gasteiger partial charge in [-0.1, -0.05) is 27.7 Å². The minimum Gasteiger partial charge on any atom is -0.394 e. The molecular weight excluding hydrogens is 953 g/mol. The van der Waals surface area contributed by atoms with E-state index in [0.717, 1.165) is 58.0 Å². The number of aliphatic hydroxyl groups excluding tert-OH is 12. The molecule has 31 atom stereocenters. The van der Waals surface area contributed by atoms with Crippen molar-refractivity contribution in [3.63, 3.8) is 0 Å². The highest BCUT2D eigenvalue weighted by molar-refractivity contribution is 5.15. The van der Waals surface area contributed by atoms with Gasteiger partial charge < -0.3 is 109 Å². The molecule has 4 saturated carbocycles. The summed E-state index contributed by atoms with van der Waals surface area (Å²) in [6.45, 7) is 7.51. The summed E-state index contributed by atoms with van der Waals surface area (Å²) < 4.78 is 61.3. The van der Waals surface area contributed by atoms with Crippen LogP contribution in [0, 0.1) is 52.3 Å². The van der Waals surface area contributed by atoms with Crippen molar-refractivity contribution in [1.29, 1.82) is 0 Å². The zero-order valence-corrected chi connectivity index (χ0v) is 41.7. The van der Waals surface area contributed by atoms with E-state index in [-0.39, 0.29) is 23.0 Å². The molecule has 0 aromatic carbocycles. The highest BCUT2D eigenvalue weighted by Gasteiger charge is 2.69. The molecule has 0 aromatic heterocycles. The van der Waals surface area contributed by atoms with E-state index >= 15 is 0 Å². The van der Waals surface area contributed by atoms with E-state index in [9.17, 15) is 61.3 Å². The molecule has 0 aromatic rings. The van der Waals surface area contributed by atoms with E-state index in [1.54, 1.807) is 0 Å². The zero-order chi connectivity index (χ0) is 51.3. The Bertz CT molecular complexity index is 1830. The topological polar surface area (TPSA) is 335 Å². The van der Waals surface area contributed by atoms with Crippen LogP contribution in [0.2, 0.25) is 0 Å². The fourth-order valence-corrected chi connectivity index (χ4v) is 15.9. The van der Waals surface area contributed by atoms with Crippen molar-refractivity contribution in [3.05, 3.63) is 0 Å². The van der Waals surface area contributed by atoms with E-state index < -0.39 is 149 Å². The number of rotatable bonds is 11. The van der Waals surface area contributed by atoms with Gasteiger partial charge in [-0.25, -0.2) is 0 Å². The molecule has 4 aliphatic carbocycles. The SMILES string of the molecule is C[C@@H]1CC[C@@]2(OC1)O[C@H]1C[C@H]3[C@@H]4CC[C@H]5C[C@@H](O[C@@H]6O[C@H](CO)[C@@H](O[C@@H]7O[C@H](CO)[C@@H](O[C@@H]8OC[C@@H](O)[C@H](O)[C@H]8O)[C@H](O)[C@H]7O)[C@H](O[C@@H]7O[C@H](CO)[C@@H](O)[C@H](O)[C@H]7O)[C@H]6O)CC[C@]5(C)[C@H]4CC[C@]3(C)[C@H]1[C@@H]2C. The number of hydrogen-bond acceptors (Lipinski definition) is 22. The third-order valence-electron chi connectivity index (χ3n) is 20.0. The van der Waals surface area contributed by atoms with Crippen LogP contribution in [0.1, 0.15) is 91.9 Å². The van der Waals surface area contributed by atoms with E-state index in [0.29, 0.717) is 54.3 Å². The van der Waals surface area contributed by atoms with Gasteiger partial charge in [-0.15, -0.1) is 0 Å². The summed E-state index contributed by atoms with van der Waals surface area (Å²) >= 11 is 0. The van der Waals surface area contributed by atoms with Crippen LogP contribution in [0.15, 0.2) is 0 Å². The summed E-state index contributed by atoms with van der Waals surface area (Å²) in [5.74, 6) is 2.91. The predicted molar refractivity (Wildman–Crippen MR) is 242 cm³/mol. The van der Waals surface area contributed by atoms with Crippen molar-refractivity contribution in [1.82, 2.24) is 0 Å². The summed E-state index contributed by atoms with van der Waals surface area (Å²) in [6.07, 6.45) is -22.4. The van der Waals surface area contributed by atoms with Gasteiger partial charge in [-0.2, -0.15) is 0 Å². The van der Waals surface area contributed by atoms with Crippen LogP contribution in [-0.4, -0.2) is 229 Å². The molecule has 0 radical (unpaired) electrons. The van der Waals surface area contributed by atoms with Crippen molar-refractivity contribution >= 4 is 0 Å². The minimum absolute atomic E-state index is 0.0559. The third-order valence-corrected chi connectivity index (χ3v) is 20.0. The molecular formula is C50H82O22. The lowest BCUT2D eigenvalue weighted by Gasteiger charge is -2.61. The lowest BCUT2D eigenvalue weighted by Crippen LogP contribution is -2.68. The Labute approximate surface area is 419 Å². The van der Waals surface area contributed by atoms with Crippen molar-refractivity contribution in [2.75, 3.05) is 33.0 Å². The third kappa shape index (κ3) is 9.26. The molecule has 10 rings (SSSR count). The second-order valence-electron chi connectivity index (χ2n) is 23.9. The van der Waals surface area contributed by atoms with Crippen LogP contribution >= 0.6 is 0 Å². The van der Waals surface area contributed by atoms with Gasteiger partial charge in [-0.3, -0.25) is 0 Å². The molecule has 6 aliphatic heterocycles. The Morgan fingerprint density at radius 1 is 0.514 bits per heavy atom. The normalized spacial score (nSPS) is 57.8. The molecule has 6 heterocycles. The van der Waals surface area contributed by atoms with Crippen molar-refractivity contribution in [2.24, 2.45) is 52.3 Å². The number of aliphatic hydroxyl groups is 12. The first-order chi connectivity index (χ1) is 34.3. The highest BCUT2D eigenvalue weighted by atomic mass is 16.8. The zero-order valence-electron chi connectivity index (χ0n) is 41.7. The van der Waals surface area contributed by atoms with Gasteiger partial charge in [0.25, 0.3) is 0 Å². The summed E-state index contributed by atoms with van der Waals surface area (Å²) in [6, 6.07) is 0. The van der Waals surface area contributed by atoms with E-state index in [1.165, 1.54) is 0 Å². The van der Waals surface area contributed by atoms with Gasteiger partial charge >= 0.3 is 0 Å². The Balaban J connectivity index is 0.830. The fourth-order valence-electron chi connectivity index (χ4n) is 15.9. The van der Waals surface area contributed by atoms with Crippen LogP contribution in [-0.2, 0) is 47.4 Å². The predicted octanol–water partition coefficient (Wildman–Crippen LogP) is -2.27. The fraction of sp³-hybridized carbons (Fsp3) is 1.00. The van der Waals surface area contributed by atoms with Gasteiger partial charge in [0.1, 0.15) is 91.6 Å². The van der Waals surface area contributed by atoms with Crippen LogP contribution in [0.5, 0.6) is 0 Å². The summed E-state index contributed by atoms with van der Waals surface area (Å²) in [4.78, 5) is 0. The van der Waals surface area contributed by atoms with Gasteiger partial charge in [0.15, 0.2) is 30.9 Å². The molecule has 6 saturated heterocycles. The maximum atomic E-state index is 12.2. The molecule has 0 amide bonds. The number of hydrogen-bond donors (Lipinski definition) is 12. The van der Waals surface area contributed by atoms with Gasteiger partial charge in [-0.05, 0) is 104 Å². The maximum absolute atomic E-state index is 12.2. The molecule has 0 unspecified atom stereocenters. The molecule has 10 aliphatic rings. The molecule has 12 N–H and O–H groups in total. The van der Waals surface area contributed by atoms with Crippen molar-refractivity contribution in [2.45, 2.75) is 227 Å². The summed E-state index contributed by atoms with van der Waals surface area (Å²) in [5, 5.41) is 129. The smallest absolute Gasteiger partial charge is 0.187 e. The molecule has 10 fully saturated rings. The first-order valence-electron chi connectivity index (χ1n) is 26.7. The molecule has 22 heteroatoms. The average molecular weight is 1040 g/mol. The van der Waals surface area contributed by atoms with Crippen LogP contribution in [0.25, 0.3) is 0 Å². The second kappa shape index (κ2) is 21.1. The lowest BCUT2D eigenvalue weighted by atomic mass is 9.44. The first kappa shape index (κ1) is 54.5. The average Bonchev–Trinajstić information content (AvgIpc) is 3.82. The number of ether oxygens (including phenoxy) is 10. The van der Waals surface area contributed by atoms with Gasteiger partial charge in [0.2, 0.25) is 0 Å². The van der Waals surface area contributed by atoms with Crippen LogP contribution < -0.4 is 0 Å². The Morgan fingerprint density at radius 2 is 1.12 bits per heavy atom. The summed E-state index contributed by atoms with van der Waals surface area (Å²) in [5.41, 5.74) is 0.239. The van der Waals surface area contributed by atoms with E-state index in [4.69, 9.17) is 47.4 Å². The minimum atomic E-state index is -1.99. The molecule has 22 nitrogen and oxygen atoms in total. The van der Waals surface area contributed by atoms with Crippen molar-refractivity contribution < 1.29 is 109 Å². The highest BCUT2D eigenvalue weighted by Crippen LogP contribution is 2.71.